The van der Waals surface area contributed by atoms with E-state index in [1.807, 2.05) is 45.0 Å². The van der Waals surface area contributed by atoms with Gasteiger partial charge in [0, 0.05) is 16.6 Å². The third kappa shape index (κ3) is 2.97. The van der Waals surface area contributed by atoms with E-state index in [4.69, 9.17) is 9.15 Å². The maximum absolute atomic E-state index is 12.9. The van der Waals surface area contributed by atoms with Crippen LogP contribution in [-0.4, -0.2) is 17.3 Å². The van der Waals surface area contributed by atoms with E-state index < -0.39 is 5.60 Å². The summed E-state index contributed by atoms with van der Waals surface area (Å²) in [4.78, 5) is 25.7. The second-order valence-electron chi connectivity index (χ2n) is 7.69. The highest BCUT2D eigenvalue weighted by Gasteiger charge is 2.37. The minimum Gasteiger partial charge on any atom is -0.486 e. The molecule has 28 heavy (non-hydrogen) atoms. The average Bonchev–Trinajstić information content (AvgIpc) is 3.00. The molecular weight excluding hydrogens is 354 g/mol. The van der Waals surface area contributed by atoms with Crippen LogP contribution >= 0.6 is 0 Å². The molecule has 0 saturated carbocycles. The molecule has 0 aliphatic carbocycles. The van der Waals surface area contributed by atoms with Crippen LogP contribution in [-0.2, 0) is 0 Å². The Bertz CT molecular complexity index is 1090. The number of furan rings is 1. The Labute approximate surface area is 163 Å². The number of hydrogen-bond donors (Lipinski definition) is 1. The van der Waals surface area contributed by atoms with Crippen LogP contribution in [0.15, 0.2) is 40.8 Å². The fourth-order valence-corrected chi connectivity index (χ4v) is 3.65. The van der Waals surface area contributed by atoms with Crippen LogP contribution in [0.4, 0.5) is 5.69 Å². The quantitative estimate of drug-likeness (QED) is 0.660. The molecule has 1 amide bonds. The van der Waals surface area contributed by atoms with Gasteiger partial charge in [-0.25, -0.2) is 0 Å². The number of carbonyl (C=O) groups excluding carboxylic acids is 2. The van der Waals surface area contributed by atoms with Crippen LogP contribution in [0.25, 0.3) is 11.0 Å². The van der Waals surface area contributed by atoms with Gasteiger partial charge in [-0.15, -0.1) is 0 Å². The summed E-state index contributed by atoms with van der Waals surface area (Å²) in [6.07, 6.45) is 1.05. The van der Waals surface area contributed by atoms with Crippen molar-refractivity contribution in [1.29, 1.82) is 0 Å². The molecule has 5 nitrogen and oxygen atoms in total. The SMILES string of the molecule is CCC1(C)CC(=O)c2c(ccc3oc(C(=O)Nc4ccc(C)cc4)c(C)c23)O1. The molecule has 1 atom stereocenters. The lowest BCUT2D eigenvalue weighted by Gasteiger charge is -2.34. The second kappa shape index (κ2) is 6.51. The largest absolute Gasteiger partial charge is 0.486 e. The highest BCUT2D eigenvalue weighted by molar-refractivity contribution is 6.14. The summed E-state index contributed by atoms with van der Waals surface area (Å²) in [5.41, 5.74) is 2.98. The summed E-state index contributed by atoms with van der Waals surface area (Å²) in [5, 5.41) is 3.51. The van der Waals surface area contributed by atoms with Crippen molar-refractivity contribution in [3.05, 3.63) is 58.8 Å². The number of hydrogen-bond acceptors (Lipinski definition) is 4. The van der Waals surface area contributed by atoms with E-state index in [1.54, 1.807) is 19.1 Å². The minimum absolute atomic E-state index is 0.0191. The molecule has 2 aromatic carbocycles. The number of fused-ring (bicyclic) bond motifs is 3. The van der Waals surface area contributed by atoms with Crippen molar-refractivity contribution in [3.8, 4) is 5.75 Å². The molecule has 0 fully saturated rings. The minimum atomic E-state index is -0.499. The molecule has 144 valence electrons. The average molecular weight is 377 g/mol. The Kier molecular flexibility index (Phi) is 4.26. The highest BCUT2D eigenvalue weighted by atomic mass is 16.5. The summed E-state index contributed by atoms with van der Waals surface area (Å²) in [7, 11) is 0. The molecule has 5 heteroatoms. The number of ketones is 1. The normalized spacial score (nSPS) is 18.6. The van der Waals surface area contributed by atoms with Crippen molar-refractivity contribution >= 4 is 28.3 Å². The maximum atomic E-state index is 12.9. The van der Waals surface area contributed by atoms with Crippen LogP contribution in [0.5, 0.6) is 5.75 Å². The van der Waals surface area contributed by atoms with E-state index in [2.05, 4.69) is 5.32 Å². The lowest BCUT2D eigenvalue weighted by molar-refractivity contribution is 0.0503. The third-order valence-corrected chi connectivity index (χ3v) is 5.49. The van der Waals surface area contributed by atoms with Crippen LogP contribution in [0, 0.1) is 13.8 Å². The molecule has 1 N–H and O–H groups in total. The summed E-state index contributed by atoms with van der Waals surface area (Å²) in [6.45, 7) is 7.74. The van der Waals surface area contributed by atoms with Crippen molar-refractivity contribution in [2.45, 2.75) is 46.1 Å². The molecule has 3 aromatic rings. The first kappa shape index (κ1) is 18.3. The zero-order chi connectivity index (χ0) is 20.1. The van der Waals surface area contributed by atoms with E-state index in [0.29, 0.717) is 40.0 Å². The number of rotatable bonds is 3. The summed E-state index contributed by atoms with van der Waals surface area (Å²) < 4.78 is 11.9. The number of amides is 1. The molecule has 2 heterocycles. The lowest BCUT2D eigenvalue weighted by Crippen LogP contribution is -2.38. The van der Waals surface area contributed by atoms with Gasteiger partial charge in [-0.05, 0) is 51.5 Å². The molecule has 1 aliphatic heterocycles. The first-order valence-electron chi connectivity index (χ1n) is 9.47. The van der Waals surface area contributed by atoms with E-state index in [0.717, 1.165) is 12.0 Å². The van der Waals surface area contributed by atoms with Gasteiger partial charge in [0.1, 0.15) is 16.9 Å². The molecule has 1 aromatic heterocycles. The van der Waals surface area contributed by atoms with Crippen molar-refractivity contribution in [3.63, 3.8) is 0 Å². The lowest BCUT2D eigenvalue weighted by atomic mass is 9.87. The number of ether oxygens (including phenoxy) is 1. The van der Waals surface area contributed by atoms with Crippen LogP contribution in [0.2, 0.25) is 0 Å². The first-order valence-corrected chi connectivity index (χ1v) is 9.47. The van der Waals surface area contributed by atoms with Crippen LogP contribution in [0.1, 0.15) is 58.7 Å². The topological polar surface area (TPSA) is 68.5 Å². The van der Waals surface area contributed by atoms with Crippen molar-refractivity contribution in [1.82, 2.24) is 0 Å². The zero-order valence-electron chi connectivity index (χ0n) is 16.5. The second-order valence-corrected chi connectivity index (χ2v) is 7.69. The Balaban J connectivity index is 1.75. The van der Waals surface area contributed by atoms with Gasteiger partial charge in [0.2, 0.25) is 0 Å². The molecule has 0 radical (unpaired) electrons. The van der Waals surface area contributed by atoms with Crippen molar-refractivity contribution in [2.75, 3.05) is 5.32 Å². The van der Waals surface area contributed by atoms with E-state index in [1.165, 1.54) is 0 Å². The number of aryl methyl sites for hydroxylation is 2. The summed E-state index contributed by atoms with van der Waals surface area (Å²) in [5.74, 6) is 0.447. The van der Waals surface area contributed by atoms with Crippen molar-refractivity contribution < 1.29 is 18.7 Å². The van der Waals surface area contributed by atoms with Gasteiger partial charge in [0.25, 0.3) is 5.91 Å². The van der Waals surface area contributed by atoms with Gasteiger partial charge in [-0.2, -0.15) is 0 Å². The van der Waals surface area contributed by atoms with Crippen LogP contribution < -0.4 is 10.1 Å². The van der Waals surface area contributed by atoms with Gasteiger partial charge in [-0.1, -0.05) is 24.6 Å². The van der Waals surface area contributed by atoms with Gasteiger partial charge in [0.15, 0.2) is 11.5 Å². The van der Waals surface area contributed by atoms with Gasteiger partial charge in [0.05, 0.1) is 12.0 Å². The fourth-order valence-electron chi connectivity index (χ4n) is 3.65. The van der Waals surface area contributed by atoms with Crippen molar-refractivity contribution in [2.24, 2.45) is 0 Å². The monoisotopic (exact) mass is 377 g/mol. The van der Waals surface area contributed by atoms with Crippen LogP contribution in [0.3, 0.4) is 0 Å². The molecule has 0 spiro atoms. The zero-order valence-corrected chi connectivity index (χ0v) is 16.5. The Morgan fingerprint density at radius 1 is 1.14 bits per heavy atom. The maximum Gasteiger partial charge on any atom is 0.291 e. The molecule has 0 saturated heterocycles. The standard InChI is InChI=1S/C23H23NO4/c1-5-23(4)12-16(25)20-18(28-23)11-10-17-19(20)14(3)21(27-17)22(26)24-15-8-6-13(2)7-9-15/h6-11H,5,12H2,1-4H3,(H,24,26). The van der Waals surface area contributed by atoms with Gasteiger partial charge < -0.3 is 14.5 Å². The molecule has 1 unspecified atom stereocenters. The molecule has 4 rings (SSSR count). The number of benzene rings is 2. The highest BCUT2D eigenvalue weighted by Crippen LogP contribution is 2.41. The van der Waals surface area contributed by atoms with Gasteiger partial charge in [-0.3, -0.25) is 9.59 Å². The molecule has 0 bridgehead atoms. The Morgan fingerprint density at radius 2 is 1.86 bits per heavy atom. The number of anilines is 1. The number of Topliss-reactive ketones (excluding diaryl/α,β-unsaturated/α-hetero) is 1. The predicted molar refractivity (Wildman–Crippen MR) is 108 cm³/mol. The third-order valence-electron chi connectivity index (χ3n) is 5.49. The number of nitrogens with one attached hydrogen (secondary N) is 1. The number of carbonyl (C=O) groups is 2. The fraction of sp³-hybridized carbons (Fsp3) is 0.304. The molecule has 1 aliphatic rings. The Morgan fingerprint density at radius 3 is 2.54 bits per heavy atom. The van der Waals surface area contributed by atoms with E-state index >= 15 is 0 Å². The summed E-state index contributed by atoms with van der Waals surface area (Å²) in [6, 6.07) is 11.1. The predicted octanol–water partition coefficient (Wildman–Crippen LogP) is 5.44. The smallest absolute Gasteiger partial charge is 0.291 e. The first-order chi connectivity index (χ1) is 13.3. The Hall–Kier alpha value is -3.08. The summed E-state index contributed by atoms with van der Waals surface area (Å²) >= 11 is 0. The van der Waals surface area contributed by atoms with E-state index in [-0.39, 0.29) is 17.5 Å². The van der Waals surface area contributed by atoms with E-state index in [9.17, 15) is 9.59 Å². The van der Waals surface area contributed by atoms with Gasteiger partial charge >= 0.3 is 0 Å². The molecular formula is C23H23NO4.